The van der Waals surface area contributed by atoms with Crippen molar-refractivity contribution < 1.29 is 19.0 Å². The number of thiazole rings is 1. The minimum absolute atomic E-state index is 0.0854. The van der Waals surface area contributed by atoms with Gasteiger partial charge >= 0.3 is 5.97 Å². The smallest absolute Gasteiger partial charge is 0.344 e. The molecule has 0 bridgehead atoms. The molecule has 4 rings (SSSR count). The highest BCUT2D eigenvalue weighted by atomic mass is 32.1. The molecule has 1 aliphatic heterocycles. The van der Waals surface area contributed by atoms with E-state index in [1.807, 2.05) is 49.4 Å². The van der Waals surface area contributed by atoms with Crippen molar-refractivity contribution >= 4 is 32.7 Å². The van der Waals surface area contributed by atoms with Crippen molar-refractivity contribution in [2.75, 3.05) is 31.7 Å². The van der Waals surface area contributed by atoms with Gasteiger partial charge in [-0.25, -0.2) is 9.78 Å². The molecule has 0 saturated carbocycles. The van der Waals surface area contributed by atoms with E-state index in [1.165, 1.54) is 0 Å². The number of hydrogen-bond acceptors (Lipinski definition) is 7. The number of rotatable bonds is 6. The molecule has 7 heteroatoms. The van der Waals surface area contributed by atoms with Crippen LogP contribution in [0.2, 0.25) is 0 Å². The Morgan fingerprint density at radius 2 is 2.00 bits per heavy atom. The number of aryl methyl sites for hydroxylation is 1. The second kappa shape index (κ2) is 7.44. The fourth-order valence-corrected chi connectivity index (χ4v) is 3.88. The topological polar surface area (TPSA) is 60.9 Å². The van der Waals surface area contributed by atoms with Crippen molar-refractivity contribution in [3.63, 3.8) is 0 Å². The molecule has 3 aromatic rings. The molecule has 140 valence electrons. The minimum Gasteiger partial charge on any atom is -0.494 e. The molecule has 1 fully saturated rings. The first-order chi connectivity index (χ1) is 13.1. The fraction of sp³-hybridized carbons (Fsp3) is 0.300. The summed E-state index contributed by atoms with van der Waals surface area (Å²) in [5.74, 6) is 1.08. The molecule has 0 aliphatic carbocycles. The average molecular weight is 384 g/mol. The number of ether oxygens (including phenoxy) is 3. The zero-order valence-electron chi connectivity index (χ0n) is 15.2. The lowest BCUT2D eigenvalue weighted by molar-refractivity contribution is -0.152. The van der Waals surface area contributed by atoms with Gasteiger partial charge < -0.3 is 19.1 Å². The Kier molecular flexibility index (Phi) is 4.85. The summed E-state index contributed by atoms with van der Waals surface area (Å²) >= 11 is 1.61. The summed E-state index contributed by atoms with van der Waals surface area (Å²) in [6.45, 7) is 3.19. The van der Waals surface area contributed by atoms with Crippen LogP contribution in [0.15, 0.2) is 42.5 Å². The van der Waals surface area contributed by atoms with Crippen molar-refractivity contribution in [3.05, 3.63) is 48.0 Å². The predicted molar refractivity (Wildman–Crippen MR) is 105 cm³/mol. The molecule has 2 heterocycles. The van der Waals surface area contributed by atoms with Gasteiger partial charge in [0, 0.05) is 0 Å². The number of nitrogens with zero attached hydrogens (tertiary/aromatic N) is 2. The van der Waals surface area contributed by atoms with E-state index in [0.29, 0.717) is 18.8 Å². The van der Waals surface area contributed by atoms with E-state index in [9.17, 15) is 4.79 Å². The van der Waals surface area contributed by atoms with Gasteiger partial charge in [0.1, 0.15) is 23.1 Å². The lowest BCUT2D eigenvalue weighted by Crippen LogP contribution is -2.53. The summed E-state index contributed by atoms with van der Waals surface area (Å²) in [6.07, 6.45) is -0.131. The monoisotopic (exact) mass is 384 g/mol. The Labute approximate surface area is 161 Å². The number of esters is 1. The number of fused-ring (bicyclic) bond motifs is 1. The van der Waals surface area contributed by atoms with Crippen LogP contribution in [0.1, 0.15) is 5.56 Å². The summed E-state index contributed by atoms with van der Waals surface area (Å²) in [6, 6.07) is 13.5. The number of para-hydroxylation sites is 1. The maximum atomic E-state index is 12.0. The van der Waals surface area contributed by atoms with Crippen LogP contribution in [0.25, 0.3) is 10.2 Å². The van der Waals surface area contributed by atoms with Crippen LogP contribution < -0.4 is 14.4 Å². The SMILES string of the molecule is COc1cccc2sc(N3CC(OC(=O)COc4ccc(C)cc4)C3)nc12. The van der Waals surface area contributed by atoms with Crippen molar-refractivity contribution in [1.29, 1.82) is 0 Å². The maximum absolute atomic E-state index is 12.0. The normalized spacial score (nSPS) is 14.1. The average Bonchev–Trinajstić information content (AvgIpc) is 3.07. The summed E-state index contributed by atoms with van der Waals surface area (Å²) in [7, 11) is 1.64. The first-order valence-electron chi connectivity index (χ1n) is 8.70. The first kappa shape index (κ1) is 17.6. The standard InChI is InChI=1S/C20H20N2O4S/c1-13-6-8-14(9-7-13)25-12-18(23)26-15-10-22(11-15)20-21-19-16(24-2)4-3-5-17(19)27-20/h3-9,15H,10-12H2,1-2H3. The van der Waals surface area contributed by atoms with Crippen LogP contribution >= 0.6 is 11.3 Å². The number of anilines is 1. The molecule has 2 aromatic carbocycles. The van der Waals surface area contributed by atoms with E-state index in [4.69, 9.17) is 14.2 Å². The third kappa shape index (κ3) is 3.83. The molecule has 0 atom stereocenters. The highest BCUT2D eigenvalue weighted by molar-refractivity contribution is 7.22. The van der Waals surface area contributed by atoms with Crippen LogP contribution in [-0.4, -0.2) is 43.9 Å². The number of benzene rings is 2. The highest BCUT2D eigenvalue weighted by Gasteiger charge is 2.32. The summed E-state index contributed by atoms with van der Waals surface area (Å²) in [4.78, 5) is 18.7. The third-order valence-electron chi connectivity index (χ3n) is 4.38. The van der Waals surface area contributed by atoms with Crippen molar-refractivity contribution in [1.82, 2.24) is 4.98 Å². The Bertz CT molecular complexity index is 948. The number of aromatic nitrogens is 1. The van der Waals surface area contributed by atoms with Crippen LogP contribution in [0.3, 0.4) is 0 Å². The summed E-state index contributed by atoms with van der Waals surface area (Å²) < 4.78 is 17.3. The molecule has 6 nitrogen and oxygen atoms in total. The van der Waals surface area contributed by atoms with Gasteiger partial charge in [0.05, 0.1) is 24.9 Å². The van der Waals surface area contributed by atoms with Crippen LogP contribution in [0.4, 0.5) is 5.13 Å². The second-order valence-corrected chi connectivity index (χ2v) is 7.43. The molecule has 0 amide bonds. The second-order valence-electron chi connectivity index (χ2n) is 6.42. The van der Waals surface area contributed by atoms with Gasteiger partial charge in [-0.1, -0.05) is 35.1 Å². The number of carbonyl (C=O) groups is 1. The molecule has 0 radical (unpaired) electrons. The van der Waals surface area contributed by atoms with Gasteiger partial charge in [-0.05, 0) is 31.2 Å². The molecule has 0 unspecified atom stereocenters. The fourth-order valence-electron chi connectivity index (χ4n) is 2.88. The summed E-state index contributed by atoms with van der Waals surface area (Å²) in [5.41, 5.74) is 2.01. The molecule has 0 N–H and O–H groups in total. The van der Waals surface area contributed by atoms with Crippen LogP contribution in [0.5, 0.6) is 11.5 Å². The number of methoxy groups -OCH3 is 1. The van der Waals surface area contributed by atoms with E-state index in [2.05, 4.69) is 9.88 Å². The van der Waals surface area contributed by atoms with Gasteiger partial charge in [0.25, 0.3) is 0 Å². The quantitative estimate of drug-likeness (QED) is 0.607. The minimum atomic E-state index is -0.355. The Morgan fingerprint density at radius 3 is 2.74 bits per heavy atom. The third-order valence-corrected chi connectivity index (χ3v) is 5.47. The van der Waals surface area contributed by atoms with Gasteiger partial charge in [-0.15, -0.1) is 0 Å². The highest BCUT2D eigenvalue weighted by Crippen LogP contribution is 2.35. The lowest BCUT2D eigenvalue weighted by Gasteiger charge is -2.38. The Morgan fingerprint density at radius 1 is 1.22 bits per heavy atom. The lowest BCUT2D eigenvalue weighted by atomic mass is 10.2. The molecular formula is C20H20N2O4S. The number of hydrogen-bond donors (Lipinski definition) is 0. The van der Waals surface area contributed by atoms with Crippen molar-refractivity contribution in [3.8, 4) is 11.5 Å². The molecule has 1 saturated heterocycles. The first-order valence-corrected chi connectivity index (χ1v) is 9.51. The molecule has 0 spiro atoms. The Hall–Kier alpha value is -2.80. The van der Waals surface area contributed by atoms with E-state index >= 15 is 0 Å². The van der Waals surface area contributed by atoms with Crippen molar-refractivity contribution in [2.45, 2.75) is 13.0 Å². The van der Waals surface area contributed by atoms with Gasteiger partial charge in [-0.2, -0.15) is 0 Å². The van der Waals surface area contributed by atoms with Crippen molar-refractivity contribution in [2.24, 2.45) is 0 Å². The molecular weight excluding hydrogens is 364 g/mol. The summed E-state index contributed by atoms with van der Waals surface area (Å²) in [5, 5.41) is 0.915. The molecule has 27 heavy (non-hydrogen) atoms. The molecule has 1 aliphatic rings. The van der Waals surface area contributed by atoms with E-state index in [1.54, 1.807) is 18.4 Å². The van der Waals surface area contributed by atoms with Crippen LogP contribution in [-0.2, 0) is 9.53 Å². The van der Waals surface area contributed by atoms with Gasteiger partial charge in [-0.3, -0.25) is 0 Å². The Balaban J connectivity index is 1.28. The largest absolute Gasteiger partial charge is 0.494 e. The predicted octanol–water partition coefficient (Wildman–Crippen LogP) is 3.42. The zero-order valence-corrected chi connectivity index (χ0v) is 16.0. The van der Waals surface area contributed by atoms with E-state index < -0.39 is 0 Å². The van der Waals surface area contributed by atoms with Gasteiger partial charge in [0.15, 0.2) is 11.7 Å². The van der Waals surface area contributed by atoms with E-state index in [0.717, 1.165) is 26.7 Å². The number of carbonyl (C=O) groups excluding carboxylic acids is 1. The zero-order chi connectivity index (χ0) is 18.8. The van der Waals surface area contributed by atoms with E-state index in [-0.39, 0.29) is 18.7 Å². The van der Waals surface area contributed by atoms with Crippen LogP contribution in [0, 0.1) is 6.92 Å². The molecule has 1 aromatic heterocycles. The maximum Gasteiger partial charge on any atom is 0.344 e. The van der Waals surface area contributed by atoms with Gasteiger partial charge in [0.2, 0.25) is 0 Å².